The van der Waals surface area contributed by atoms with Crippen LogP contribution in [0.3, 0.4) is 0 Å². The maximum atomic E-state index is 13.6. The second kappa shape index (κ2) is 6.48. The largest absolute Gasteiger partial charge is 0.456 e. The molecule has 2 N–H and O–H groups in total. The van der Waals surface area contributed by atoms with E-state index in [-0.39, 0.29) is 25.0 Å². The van der Waals surface area contributed by atoms with Gasteiger partial charge in [-0.1, -0.05) is 0 Å². The van der Waals surface area contributed by atoms with Crippen molar-refractivity contribution in [1.82, 2.24) is 9.80 Å². The number of carbonyl (C=O) groups is 2. The van der Waals surface area contributed by atoms with E-state index in [9.17, 15) is 14.0 Å². The molecule has 0 spiro atoms. The number of hydrogen-bond donors (Lipinski definition) is 1. The normalized spacial score (nSPS) is 22.0. The number of furan rings is 1. The second-order valence-electron chi connectivity index (χ2n) is 5.94. The highest BCUT2D eigenvalue weighted by molar-refractivity contribution is 5.92. The van der Waals surface area contributed by atoms with Gasteiger partial charge in [0.05, 0.1) is 6.54 Å². The van der Waals surface area contributed by atoms with E-state index in [4.69, 9.17) is 10.2 Å². The van der Waals surface area contributed by atoms with Gasteiger partial charge in [0.25, 0.3) is 5.91 Å². The van der Waals surface area contributed by atoms with Gasteiger partial charge in [-0.2, -0.15) is 0 Å². The number of halogens is 1. The van der Waals surface area contributed by atoms with E-state index in [0.717, 1.165) is 5.56 Å². The molecule has 1 aliphatic heterocycles. The zero-order valence-electron chi connectivity index (χ0n) is 13.1. The van der Waals surface area contributed by atoms with E-state index in [1.54, 1.807) is 24.9 Å². The minimum Gasteiger partial charge on any atom is -0.456 e. The quantitative estimate of drug-likeness (QED) is 0.875. The maximum absolute atomic E-state index is 13.6. The van der Waals surface area contributed by atoms with Gasteiger partial charge in [-0.3, -0.25) is 14.5 Å². The molecule has 1 aromatic rings. The number of primary amides is 1. The highest BCUT2D eigenvalue weighted by Gasteiger charge is 2.34. The smallest absolute Gasteiger partial charge is 0.289 e. The molecule has 22 heavy (non-hydrogen) atoms. The van der Waals surface area contributed by atoms with Crippen LogP contribution in [-0.4, -0.2) is 60.5 Å². The van der Waals surface area contributed by atoms with E-state index in [0.29, 0.717) is 24.5 Å². The first-order valence-corrected chi connectivity index (χ1v) is 7.26. The predicted molar refractivity (Wildman–Crippen MR) is 79.2 cm³/mol. The summed E-state index contributed by atoms with van der Waals surface area (Å²) in [6.07, 6.45) is -0.707. The van der Waals surface area contributed by atoms with Crippen LogP contribution in [0.2, 0.25) is 0 Å². The van der Waals surface area contributed by atoms with Gasteiger partial charge < -0.3 is 15.1 Å². The molecule has 0 aromatic carbocycles. The zero-order chi connectivity index (χ0) is 16.4. The molecule has 6 nitrogen and oxygen atoms in total. The third-order valence-electron chi connectivity index (χ3n) is 3.90. The van der Waals surface area contributed by atoms with Crippen molar-refractivity contribution in [2.24, 2.45) is 5.73 Å². The van der Waals surface area contributed by atoms with Gasteiger partial charge in [0.2, 0.25) is 5.91 Å². The molecule has 2 heterocycles. The zero-order valence-corrected chi connectivity index (χ0v) is 13.1. The summed E-state index contributed by atoms with van der Waals surface area (Å²) >= 11 is 0. The fraction of sp³-hybridized carbons (Fsp3) is 0.600. The number of likely N-dealkylation sites (tertiary alicyclic amines) is 1. The molecule has 1 fully saturated rings. The van der Waals surface area contributed by atoms with Crippen LogP contribution in [0.15, 0.2) is 10.5 Å². The number of carbonyl (C=O) groups excluding carboxylic acids is 2. The van der Waals surface area contributed by atoms with Gasteiger partial charge in [0.15, 0.2) is 5.76 Å². The summed E-state index contributed by atoms with van der Waals surface area (Å²) in [4.78, 5) is 26.7. The first-order valence-electron chi connectivity index (χ1n) is 7.26. The van der Waals surface area contributed by atoms with Crippen molar-refractivity contribution in [2.45, 2.75) is 32.5 Å². The van der Waals surface area contributed by atoms with Crippen molar-refractivity contribution in [3.63, 3.8) is 0 Å². The average Bonchev–Trinajstić information content (AvgIpc) is 2.90. The molecule has 0 unspecified atom stereocenters. The Labute approximate surface area is 129 Å². The molecule has 1 aliphatic rings. The molecule has 0 radical (unpaired) electrons. The topological polar surface area (TPSA) is 79.8 Å². The minimum atomic E-state index is -1.000. The Kier molecular flexibility index (Phi) is 4.85. The Morgan fingerprint density at radius 3 is 2.73 bits per heavy atom. The Bertz CT molecular complexity index is 572. The van der Waals surface area contributed by atoms with Gasteiger partial charge in [0, 0.05) is 31.7 Å². The van der Waals surface area contributed by atoms with Crippen LogP contribution >= 0.6 is 0 Å². The number of rotatable bonds is 5. The summed E-state index contributed by atoms with van der Waals surface area (Å²) in [6.45, 7) is 4.10. The summed E-state index contributed by atoms with van der Waals surface area (Å²) in [5.41, 5.74) is 5.96. The lowest BCUT2D eigenvalue weighted by Gasteiger charge is -2.27. The summed E-state index contributed by atoms with van der Waals surface area (Å²) in [5.74, 6) is 0.239. The summed E-state index contributed by atoms with van der Waals surface area (Å²) in [7, 11) is 1.65. The van der Waals surface area contributed by atoms with Crippen molar-refractivity contribution in [1.29, 1.82) is 0 Å². The van der Waals surface area contributed by atoms with E-state index < -0.39 is 12.1 Å². The molecule has 0 aliphatic carbocycles. The van der Waals surface area contributed by atoms with Crippen LogP contribution in [0.1, 0.15) is 28.3 Å². The van der Waals surface area contributed by atoms with Gasteiger partial charge in [0.1, 0.15) is 11.9 Å². The lowest BCUT2D eigenvalue weighted by atomic mass is 10.2. The number of nitrogens with two attached hydrogens (primary N) is 1. The van der Waals surface area contributed by atoms with Crippen molar-refractivity contribution in [3.05, 3.63) is 23.2 Å². The summed E-state index contributed by atoms with van der Waals surface area (Å²) in [5, 5.41) is 0. The van der Waals surface area contributed by atoms with Crippen LogP contribution in [0.4, 0.5) is 4.39 Å². The maximum Gasteiger partial charge on any atom is 0.289 e. The van der Waals surface area contributed by atoms with Crippen molar-refractivity contribution in [3.8, 4) is 0 Å². The average molecular weight is 311 g/mol. The van der Waals surface area contributed by atoms with Crippen molar-refractivity contribution in [2.75, 3.05) is 26.7 Å². The van der Waals surface area contributed by atoms with Crippen LogP contribution in [0, 0.1) is 13.8 Å². The first-order chi connectivity index (χ1) is 10.3. The number of amides is 2. The Balaban J connectivity index is 2.03. The lowest BCUT2D eigenvalue weighted by Crippen LogP contribution is -2.44. The molecular formula is C15H22FN3O3. The van der Waals surface area contributed by atoms with Gasteiger partial charge >= 0.3 is 0 Å². The van der Waals surface area contributed by atoms with Crippen molar-refractivity contribution >= 4 is 11.8 Å². The van der Waals surface area contributed by atoms with Gasteiger partial charge in [-0.05, 0) is 26.3 Å². The number of alkyl halides is 1. The molecule has 2 atom stereocenters. The molecule has 122 valence electrons. The third-order valence-corrected chi connectivity index (χ3v) is 3.90. The molecule has 0 saturated carbocycles. The number of nitrogens with zero attached hydrogens (tertiary/aromatic N) is 2. The number of aryl methyl sites for hydroxylation is 2. The standard InChI is InChI=1S/C15H22FN3O3/c1-9-4-10(2)22-14(9)15(21)18(3)7-12-5-11(16)6-19(12)8-13(17)20/h4,11-12H,5-8H2,1-3H3,(H2,17,20)/t11-,12-/m0/s1. The second-order valence-corrected chi connectivity index (χ2v) is 5.94. The molecule has 1 aromatic heterocycles. The highest BCUT2D eigenvalue weighted by atomic mass is 19.1. The first kappa shape index (κ1) is 16.5. The molecule has 7 heteroatoms. The SMILES string of the molecule is Cc1cc(C)c(C(=O)N(C)C[C@@H]2C[C@H](F)CN2CC(N)=O)o1. The third kappa shape index (κ3) is 3.65. The molecular weight excluding hydrogens is 289 g/mol. The molecule has 2 rings (SSSR count). The lowest BCUT2D eigenvalue weighted by molar-refractivity contribution is -0.119. The summed E-state index contributed by atoms with van der Waals surface area (Å²) < 4.78 is 19.0. The van der Waals surface area contributed by atoms with E-state index in [1.165, 1.54) is 4.90 Å². The monoisotopic (exact) mass is 311 g/mol. The molecule has 1 saturated heterocycles. The predicted octanol–water partition coefficient (Wildman–Crippen LogP) is 0.866. The highest BCUT2D eigenvalue weighted by Crippen LogP contribution is 2.22. The molecule has 0 bridgehead atoms. The Morgan fingerprint density at radius 1 is 1.50 bits per heavy atom. The van der Waals surface area contributed by atoms with Crippen LogP contribution in [-0.2, 0) is 4.79 Å². The molecule has 2 amide bonds. The number of likely N-dealkylation sites (N-methyl/N-ethyl adjacent to an activating group) is 1. The van der Waals surface area contributed by atoms with E-state index in [2.05, 4.69) is 0 Å². The minimum absolute atomic E-state index is 0.00596. The fourth-order valence-corrected chi connectivity index (χ4v) is 2.93. The Hall–Kier alpha value is -1.89. The van der Waals surface area contributed by atoms with Crippen LogP contribution in [0.25, 0.3) is 0 Å². The van der Waals surface area contributed by atoms with Gasteiger partial charge in [-0.15, -0.1) is 0 Å². The number of hydrogen-bond acceptors (Lipinski definition) is 4. The fourth-order valence-electron chi connectivity index (χ4n) is 2.93. The van der Waals surface area contributed by atoms with E-state index in [1.807, 2.05) is 6.92 Å². The van der Waals surface area contributed by atoms with Crippen LogP contribution < -0.4 is 5.73 Å². The summed E-state index contributed by atoms with van der Waals surface area (Å²) in [6, 6.07) is 1.58. The van der Waals surface area contributed by atoms with Crippen molar-refractivity contribution < 1.29 is 18.4 Å². The van der Waals surface area contributed by atoms with E-state index >= 15 is 0 Å². The van der Waals surface area contributed by atoms with Gasteiger partial charge in [-0.25, -0.2) is 4.39 Å². The Morgan fingerprint density at radius 2 is 2.18 bits per heavy atom. The van der Waals surface area contributed by atoms with Crippen LogP contribution in [0.5, 0.6) is 0 Å².